The third-order valence-corrected chi connectivity index (χ3v) is 14.0. The molecule has 0 bridgehead atoms. The summed E-state index contributed by atoms with van der Waals surface area (Å²) in [7, 11) is 0. The van der Waals surface area contributed by atoms with Crippen molar-refractivity contribution in [2.75, 3.05) is 0 Å². The lowest BCUT2D eigenvalue weighted by atomic mass is 9.99. The van der Waals surface area contributed by atoms with Gasteiger partial charge in [-0.1, -0.05) is 133 Å². The van der Waals surface area contributed by atoms with E-state index in [9.17, 15) is 0 Å². The van der Waals surface area contributed by atoms with Crippen LogP contribution in [0.4, 0.5) is 0 Å². The van der Waals surface area contributed by atoms with Gasteiger partial charge in [-0.15, -0.1) is 0 Å². The highest BCUT2D eigenvalue weighted by molar-refractivity contribution is 6.26. The van der Waals surface area contributed by atoms with E-state index in [-0.39, 0.29) is 0 Å². The van der Waals surface area contributed by atoms with E-state index in [0.29, 0.717) is 17.5 Å². The minimum atomic E-state index is 0.541. The van der Waals surface area contributed by atoms with Crippen molar-refractivity contribution in [3.63, 3.8) is 0 Å². The molecule has 5 heterocycles. The summed E-state index contributed by atoms with van der Waals surface area (Å²) >= 11 is 0. The van der Waals surface area contributed by atoms with E-state index in [4.69, 9.17) is 23.8 Å². The topological polar surface area (TPSA) is 74.8 Å². The SMILES string of the molecule is c1ccc(-c2cccc3oc4cc(-c5nc(-c6ccc(-n7c8ccccc8c8ccc9c(c%10ccccc%10n9-c9ccccc9)c87)cc6)nc(-c6ccc7c(c6)oc6ccccc67)n5)ccc4c23)cc1. The molecule has 15 rings (SSSR count). The Balaban J connectivity index is 0.908. The summed E-state index contributed by atoms with van der Waals surface area (Å²) in [4.78, 5) is 15.6. The van der Waals surface area contributed by atoms with Gasteiger partial charge in [0, 0.05) is 71.2 Å². The Labute approximate surface area is 399 Å². The van der Waals surface area contributed by atoms with Gasteiger partial charge in [-0.3, -0.25) is 0 Å². The van der Waals surface area contributed by atoms with E-state index >= 15 is 0 Å². The Hall–Kier alpha value is -9.59. The zero-order valence-corrected chi connectivity index (χ0v) is 37.4. The first-order chi connectivity index (χ1) is 34.7. The molecule has 0 saturated carbocycles. The first-order valence-corrected chi connectivity index (χ1v) is 23.5. The molecular formula is C63H37N5O2. The van der Waals surface area contributed by atoms with Crippen molar-refractivity contribution in [3.8, 4) is 56.7 Å². The van der Waals surface area contributed by atoms with Gasteiger partial charge in [0.05, 0.1) is 22.1 Å². The maximum absolute atomic E-state index is 6.58. The highest BCUT2D eigenvalue weighted by atomic mass is 16.3. The molecule has 7 heteroatoms. The Morgan fingerprint density at radius 3 is 1.57 bits per heavy atom. The third-order valence-electron chi connectivity index (χ3n) is 14.0. The third kappa shape index (κ3) is 5.79. The fraction of sp³-hybridized carbons (Fsp3) is 0. The van der Waals surface area contributed by atoms with Gasteiger partial charge in [-0.05, 0) is 102 Å². The normalized spacial score (nSPS) is 12.0. The number of para-hydroxylation sites is 4. The Bertz CT molecular complexity index is 4580. The van der Waals surface area contributed by atoms with Crippen LogP contribution in [0.25, 0.3) is 144 Å². The van der Waals surface area contributed by atoms with Crippen LogP contribution in [0, 0.1) is 0 Å². The Morgan fingerprint density at radius 1 is 0.286 bits per heavy atom. The molecular weight excluding hydrogens is 859 g/mol. The number of fused-ring (bicyclic) bond motifs is 13. The molecule has 326 valence electrons. The molecule has 0 amide bonds. The smallest absolute Gasteiger partial charge is 0.164 e. The van der Waals surface area contributed by atoms with Crippen LogP contribution in [0.2, 0.25) is 0 Å². The number of aromatic nitrogens is 5. The molecule has 0 aliphatic carbocycles. The van der Waals surface area contributed by atoms with Gasteiger partial charge in [-0.25, -0.2) is 15.0 Å². The summed E-state index contributed by atoms with van der Waals surface area (Å²) < 4.78 is 17.7. The van der Waals surface area contributed by atoms with Crippen molar-refractivity contribution in [3.05, 3.63) is 224 Å². The van der Waals surface area contributed by atoms with Gasteiger partial charge in [0.1, 0.15) is 22.3 Å². The van der Waals surface area contributed by atoms with E-state index in [2.05, 4.69) is 197 Å². The largest absolute Gasteiger partial charge is 0.456 e. The van der Waals surface area contributed by atoms with Gasteiger partial charge >= 0.3 is 0 Å². The summed E-state index contributed by atoms with van der Waals surface area (Å²) in [5, 5.41) is 9.05. The van der Waals surface area contributed by atoms with Crippen molar-refractivity contribution < 1.29 is 8.83 Å². The maximum atomic E-state index is 6.58. The zero-order chi connectivity index (χ0) is 45.9. The molecule has 0 saturated heterocycles. The van der Waals surface area contributed by atoms with Gasteiger partial charge in [-0.2, -0.15) is 0 Å². The molecule has 0 radical (unpaired) electrons. The molecule has 0 aliphatic rings. The highest BCUT2D eigenvalue weighted by Gasteiger charge is 2.22. The monoisotopic (exact) mass is 895 g/mol. The summed E-state index contributed by atoms with van der Waals surface area (Å²) in [5.41, 5.74) is 14.8. The van der Waals surface area contributed by atoms with Crippen LogP contribution in [-0.2, 0) is 0 Å². The van der Waals surface area contributed by atoms with Crippen LogP contribution in [0.3, 0.4) is 0 Å². The molecule has 0 aliphatic heterocycles. The quantitative estimate of drug-likeness (QED) is 0.166. The summed E-state index contributed by atoms with van der Waals surface area (Å²) in [5.74, 6) is 1.64. The minimum Gasteiger partial charge on any atom is -0.456 e. The first-order valence-electron chi connectivity index (χ1n) is 23.5. The van der Waals surface area contributed by atoms with Crippen molar-refractivity contribution in [1.82, 2.24) is 24.1 Å². The minimum absolute atomic E-state index is 0.541. The molecule has 0 spiro atoms. The second kappa shape index (κ2) is 15.0. The van der Waals surface area contributed by atoms with Gasteiger partial charge in [0.25, 0.3) is 0 Å². The lowest BCUT2D eigenvalue weighted by Gasteiger charge is -2.12. The number of rotatable bonds is 6. The van der Waals surface area contributed by atoms with Crippen LogP contribution >= 0.6 is 0 Å². The van der Waals surface area contributed by atoms with E-state index < -0.39 is 0 Å². The average molecular weight is 896 g/mol. The molecule has 10 aromatic carbocycles. The number of hydrogen-bond acceptors (Lipinski definition) is 5. The average Bonchev–Trinajstić information content (AvgIpc) is 4.19. The fourth-order valence-electron chi connectivity index (χ4n) is 10.8. The van der Waals surface area contributed by atoms with Crippen molar-refractivity contribution >= 4 is 87.5 Å². The number of benzene rings is 10. The predicted molar refractivity (Wildman–Crippen MR) is 285 cm³/mol. The van der Waals surface area contributed by atoms with Crippen LogP contribution in [-0.4, -0.2) is 24.1 Å². The van der Waals surface area contributed by atoms with Crippen LogP contribution in [0.5, 0.6) is 0 Å². The summed E-state index contributed by atoms with van der Waals surface area (Å²) in [6.07, 6.45) is 0. The predicted octanol–water partition coefficient (Wildman–Crippen LogP) is 16.5. The maximum Gasteiger partial charge on any atom is 0.164 e. The molecule has 0 fully saturated rings. The van der Waals surface area contributed by atoms with Crippen LogP contribution < -0.4 is 0 Å². The lowest BCUT2D eigenvalue weighted by molar-refractivity contribution is 0.668. The Kier molecular flexibility index (Phi) is 8.23. The van der Waals surface area contributed by atoms with E-state index in [0.717, 1.165) is 94.1 Å². The molecule has 0 atom stereocenters. The van der Waals surface area contributed by atoms with Crippen LogP contribution in [0.15, 0.2) is 233 Å². The van der Waals surface area contributed by atoms with Crippen molar-refractivity contribution in [2.24, 2.45) is 0 Å². The second-order valence-electron chi connectivity index (χ2n) is 17.9. The molecule has 15 aromatic rings. The molecule has 0 unspecified atom stereocenters. The van der Waals surface area contributed by atoms with Gasteiger partial charge in [0.2, 0.25) is 0 Å². The van der Waals surface area contributed by atoms with Crippen LogP contribution in [0.1, 0.15) is 0 Å². The molecule has 70 heavy (non-hydrogen) atoms. The fourth-order valence-corrected chi connectivity index (χ4v) is 10.8. The number of hydrogen-bond donors (Lipinski definition) is 0. The number of furan rings is 2. The van der Waals surface area contributed by atoms with Gasteiger partial charge < -0.3 is 18.0 Å². The summed E-state index contributed by atoms with van der Waals surface area (Å²) in [6, 6.07) is 78.5. The highest BCUT2D eigenvalue weighted by Crippen LogP contribution is 2.43. The standard InChI is InChI=1S/C63H37N5O2/c1-3-14-38(15-4-1)44-21-13-25-55-58(44)50-33-29-41(37-57(50)70-55)63-65-61(64-62(66-63)40-28-32-47-46-19-9-12-24-54(46)69-56(47)36-40)39-26-30-43(31-27-39)68-51-22-10-7-18-45(51)48-34-35-53-59(60(48)68)49-20-8-11-23-52(49)67(53)42-16-5-2-6-17-42/h1-37H. The zero-order valence-electron chi connectivity index (χ0n) is 37.4. The van der Waals surface area contributed by atoms with Crippen molar-refractivity contribution in [1.29, 1.82) is 0 Å². The second-order valence-corrected chi connectivity index (χ2v) is 17.9. The van der Waals surface area contributed by atoms with Gasteiger partial charge in [0.15, 0.2) is 17.5 Å². The molecule has 5 aromatic heterocycles. The van der Waals surface area contributed by atoms with E-state index in [1.807, 2.05) is 36.4 Å². The Morgan fingerprint density at radius 2 is 0.814 bits per heavy atom. The summed E-state index contributed by atoms with van der Waals surface area (Å²) in [6.45, 7) is 0. The molecule has 7 nitrogen and oxygen atoms in total. The molecule has 0 N–H and O–H groups in total. The van der Waals surface area contributed by atoms with E-state index in [1.54, 1.807) is 0 Å². The van der Waals surface area contributed by atoms with E-state index in [1.165, 1.54) is 32.6 Å². The number of nitrogens with zero attached hydrogens (tertiary/aromatic N) is 5. The lowest BCUT2D eigenvalue weighted by Crippen LogP contribution is -2.00. The van der Waals surface area contributed by atoms with Crippen molar-refractivity contribution in [2.45, 2.75) is 0 Å². The first kappa shape index (κ1) is 38.5.